The Morgan fingerprint density at radius 2 is 2.17 bits per heavy atom. The molecule has 11 heteroatoms. The van der Waals surface area contributed by atoms with Gasteiger partial charge in [-0.2, -0.15) is 0 Å². The first-order chi connectivity index (χ1) is 13.7. The Labute approximate surface area is 179 Å². The molecule has 1 atom stereocenters. The Balaban J connectivity index is 1.87. The topological polar surface area (TPSA) is 114 Å². The van der Waals surface area contributed by atoms with Crippen LogP contribution >= 0.6 is 35.6 Å². The van der Waals surface area contributed by atoms with E-state index in [9.17, 15) is 24.8 Å². The molecule has 1 fully saturated rings. The number of carboxylic acid groups (broad SMARTS) is 1. The maximum absolute atomic E-state index is 12.6. The van der Waals surface area contributed by atoms with E-state index in [2.05, 4.69) is 0 Å². The second kappa shape index (κ2) is 8.36. The van der Waals surface area contributed by atoms with Crippen LogP contribution in [0.3, 0.4) is 0 Å². The van der Waals surface area contributed by atoms with Crippen LogP contribution in [-0.4, -0.2) is 37.2 Å². The van der Waals surface area contributed by atoms with Gasteiger partial charge in [0.1, 0.15) is 21.9 Å². The highest BCUT2D eigenvalue weighted by molar-refractivity contribution is 8.26. The van der Waals surface area contributed by atoms with Gasteiger partial charge in [-0.25, -0.2) is 4.79 Å². The van der Waals surface area contributed by atoms with Crippen molar-refractivity contribution >= 4 is 63.5 Å². The smallest absolute Gasteiger partial charge is 0.326 e. The minimum atomic E-state index is -1.13. The predicted octanol–water partition coefficient (Wildman–Crippen LogP) is 4.57. The second-order valence-corrected chi connectivity index (χ2v) is 8.02. The average molecular weight is 453 g/mol. The van der Waals surface area contributed by atoms with Crippen LogP contribution in [0.15, 0.2) is 39.7 Å². The Hall–Kier alpha value is -2.69. The Morgan fingerprint density at radius 3 is 2.76 bits per heavy atom. The first-order valence-corrected chi connectivity index (χ1v) is 9.87. The number of furan rings is 1. The maximum Gasteiger partial charge on any atom is 0.326 e. The normalized spacial score (nSPS) is 16.5. The summed E-state index contributed by atoms with van der Waals surface area (Å²) >= 11 is 12.3. The molecule has 2 aromatic rings. The van der Waals surface area contributed by atoms with Gasteiger partial charge in [-0.05, 0) is 24.6 Å². The molecule has 0 bridgehead atoms. The fourth-order valence-electron chi connectivity index (χ4n) is 2.74. The number of halogens is 1. The van der Waals surface area contributed by atoms with E-state index in [1.54, 1.807) is 19.1 Å². The number of hydrogen-bond acceptors (Lipinski definition) is 7. The van der Waals surface area contributed by atoms with E-state index in [0.29, 0.717) is 17.1 Å². The van der Waals surface area contributed by atoms with Crippen LogP contribution < -0.4 is 0 Å². The summed E-state index contributed by atoms with van der Waals surface area (Å²) in [6.45, 7) is 1.66. The molecule has 2 heterocycles. The number of amides is 1. The Morgan fingerprint density at radius 1 is 1.45 bits per heavy atom. The molecule has 0 aliphatic carbocycles. The van der Waals surface area contributed by atoms with Crippen molar-refractivity contribution in [3.8, 4) is 11.3 Å². The van der Waals surface area contributed by atoms with Gasteiger partial charge in [-0.3, -0.25) is 19.8 Å². The lowest BCUT2D eigenvalue weighted by Crippen LogP contribution is -2.43. The van der Waals surface area contributed by atoms with Crippen LogP contribution in [0.1, 0.15) is 19.1 Å². The zero-order valence-electron chi connectivity index (χ0n) is 14.8. The molecule has 0 radical (unpaired) electrons. The van der Waals surface area contributed by atoms with Crippen molar-refractivity contribution < 1.29 is 24.0 Å². The van der Waals surface area contributed by atoms with Gasteiger partial charge in [0, 0.05) is 23.8 Å². The monoisotopic (exact) mass is 452 g/mol. The van der Waals surface area contributed by atoms with Gasteiger partial charge in [0.2, 0.25) is 0 Å². The molecule has 0 unspecified atom stereocenters. The van der Waals surface area contributed by atoms with Gasteiger partial charge in [0.25, 0.3) is 11.6 Å². The third kappa shape index (κ3) is 4.19. The zero-order chi connectivity index (χ0) is 21.3. The van der Waals surface area contributed by atoms with Crippen molar-refractivity contribution in [1.82, 2.24) is 4.90 Å². The SMILES string of the molecule is CC[C@H](C(=O)O)N1C(=O)/C(=C\c2ccc(-c3ccc([N+](=O)[O-])cc3Cl)o2)SC1=S. The number of nitro benzene ring substituents is 1. The fourth-order valence-corrected chi connectivity index (χ4v) is 4.34. The average Bonchev–Trinajstić information content (AvgIpc) is 3.22. The number of nitro groups is 1. The standard InChI is InChI=1S/C18H13ClN2O6S2/c1-2-13(17(23)24)20-16(22)15(29-18(20)28)8-10-4-6-14(27-10)11-5-3-9(21(25)26)7-12(11)19/h3-8,13H,2H2,1H3,(H,23,24)/b15-8+/t13-/m1/s1. The molecule has 1 N–H and O–H groups in total. The highest BCUT2D eigenvalue weighted by Crippen LogP contribution is 2.36. The number of carbonyl (C=O) groups is 2. The van der Waals surface area contributed by atoms with E-state index >= 15 is 0 Å². The zero-order valence-corrected chi connectivity index (χ0v) is 17.2. The summed E-state index contributed by atoms with van der Waals surface area (Å²) in [4.78, 5) is 35.6. The van der Waals surface area contributed by atoms with Crippen LogP contribution in [0.25, 0.3) is 17.4 Å². The second-order valence-electron chi connectivity index (χ2n) is 5.94. The lowest BCUT2D eigenvalue weighted by Gasteiger charge is -2.21. The lowest BCUT2D eigenvalue weighted by molar-refractivity contribution is -0.384. The quantitative estimate of drug-likeness (QED) is 0.293. The molecule has 8 nitrogen and oxygen atoms in total. The molecular weight excluding hydrogens is 440 g/mol. The van der Waals surface area contributed by atoms with Crippen LogP contribution in [-0.2, 0) is 9.59 Å². The molecule has 1 aromatic heterocycles. The number of thiocarbonyl (C=S) groups is 1. The molecule has 1 aliphatic heterocycles. The van der Waals surface area contributed by atoms with Gasteiger partial charge >= 0.3 is 5.97 Å². The van der Waals surface area contributed by atoms with Gasteiger partial charge in [0.15, 0.2) is 0 Å². The number of carboxylic acids is 1. The predicted molar refractivity (Wildman–Crippen MR) is 113 cm³/mol. The number of benzene rings is 1. The van der Waals surface area contributed by atoms with Crippen LogP contribution in [0, 0.1) is 10.1 Å². The number of hydrogen-bond donors (Lipinski definition) is 1. The molecular formula is C18H13ClN2O6S2. The summed E-state index contributed by atoms with van der Waals surface area (Å²) in [6, 6.07) is 6.20. The maximum atomic E-state index is 12.6. The number of thioether (sulfide) groups is 1. The number of nitrogens with zero attached hydrogens (tertiary/aromatic N) is 2. The minimum absolute atomic E-state index is 0.141. The Bertz CT molecular complexity index is 1060. The summed E-state index contributed by atoms with van der Waals surface area (Å²) in [5.41, 5.74) is 0.319. The fraction of sp³-hybridized carbons (Fsp3) is 0.167. The van der Waals surface area contributed by atoms with Crippen molar-refractivity contribution in [2.75, 3.05) is 0 Å². The van der Waals surface area contributed by atoms with Gasteiger partial charge < -0.3 is 9.52 Å². The Kier molecular flexibility index (Phi) is 6.06. The lowest BCUT2D eigenvalue weighted by atomic mass is 10.1. The summed E-state index contributed by atoms with van der Waals surface area (Å²) in [7, 11) is 0. The number of aliphatic carboxylic acids is 1. The first kappa shape index (κ1) is 21.0. The molecule has 0 spiro atoms. The van der Waals surface area contributed by atoms with Gasteiger partial charge in [0.05, 0.1) is 14.9 Å². The van der Waals surface area contributed by atoms with Crippen molar-refractivity contribution in [3.63, 3.8) is 0 Å². The summed E-state index contributed by atoms with van der Waals surface area (Å²) < 4.78 is 5.86. The van der Waals surface area contributed by atoms with Crippen molar-refractivity contribution in [2.24, 2.45) is 0 Å². The van der Waals surface area contributed by atoms with E-state index in [1.165, 1.54) is 24.3 Å². The van der Waals surface area contributed by atoms with Crippen LogP contribution in [0.5, 0.6) is 0 Å². The summed E-state index contributed by atoms with van der Waals surface area (Å²) in [5.74, 6) is -0.930. The van der Waals surface area contributed by atoms with Crippen molar-refractivity contribution in [2.45, 2.75) is 19.4 Å². The van der Waals surface area contributed by atoms with E-state index < -0.39 is 22.8 Å². The van der Waals surface area contributed by atoms with Crippen molar-refractivity contribution in [3.05, 3.63) is 56.1 Å². The summed E-state index contributed by atoms with van der Waals surface area (Å²) in [6.07, 6.45) is 1.69. The van der Waals surface area contributed by atoms with E-state index in [0.717, 1.165) is 16.7 Å². The molecule has 0 saturated carbocycles. The van der Waals surface area contributed by atoms with Crippen molar-refractivity contribution in [1.29, 1.82) is 0 Å². The highest BCUT2D eigenvalue weighted by Gasteiger charge is 2.39. The molecule has 29 heavy (non-hydrogen) atoms. The van der Waals surface area contributed by atoms with Gasteiger partial charge in [-0.1, -0.05) is 42.5 Å². The van der Waals surface area contributed by atoms with E-state index in [-0.39, 0.29) is 26.4 Å². The number of non-ortho nitro benzene ring substituents is 1. The van der Waals surface area contributed by atoms with Crippen LogP contribution in [0.2, 0.25) is 5.02 Å². The highest BCUT2D eigenvalue weighted by atomic mass is 35.5. The molecule has 150 valence electrons. The van der Waals surface area contributed by atoms with Crippen LogP contribution in [0.4, 0.5) is 5.69 Å². The molecule has 1 saturated heterocycles. The largest absolute Gasteiger partial charge is 0.480 e. The van der Waals surface area contributed by atoms with Gasteiger partial charge in [-0.15, -0.1) is 0 Å². The molecule has 1 aromatic carbocycles. The molecule has 1 aliphatic rings. The van der Waals surface area contributed by atoms with E-state index in [1.807, 2.05) is 0 Å². The third-order valence-electron chi connectivity index (χ3n) is 4.14. The first-order valence-electron chi connectivity index (χ1n) is 8.27. The number of carbonyl (C=O) groups excluding carboxylic acids is 1. The van der Waals surface area contributed by atoms with E-state index in [4.69, 9.17) is 28.2 Å². The third-order valence-corrected chi connectivity index (χ3v) is 5.78. The number of rotatable bonds is 6. The molecule has 3 rings (SSSR count). The molecule has 1 amide bonds. The minimum Gasteiger partial charge on any atom is -0.480 e. The summed E-state index contributed by atoms with van der Waals surface area (Å²) in [5, 5.41) is 20.3.